The highest BCUT2D eigenvalue weighted by atomic mass is 32.1. The highest BCUT2D eigenvalue weighted by Gasteiger charge is 2.33. The normalized spacial score (nSPS) is 19.3. The number of nitrogens with one attached hydrogen (secondary N) is 1. The summed E-state index contributed by atoms with van der Waals surface area (Å²) in [5.41, 5.74) is 2.77. The second-order valence-corrected chi connectivity index (χ2v) is 7.77. The van der Waals surface area contributed by atoms with Gasteiger partial charge in [-0.15, -0.1) is 11.3 Å². The van der Waals surface area contributed by atoms with E-state index in [0.717, 1.165) is 30.5 Å². The zero-order valence-corrected chi connectivity index (χ0v) is 15.6. The van der Waals surface area contributed by atoms with Crippen LogP contribution in [0.3, 0.4) is 0 Å². The van der Waals surface area contributed by atoms with Crippen molar-refractivity contribution in [1.29, 1.82) is 0 Å². The van der Waals surface area contributed by atoms with Gasteiger partial charge < -0.3 is 15.0 Å². The number of aryl methyl sites for hydroxylation is 1. The van der Waals surface area contributed by atoms with Crippen molar-refractivity contribution in [1.82, 2.24) is 5.32 Å². The lowest BCUT2D eigenvalue weighted by Gasteiger charge is -2.20. The van der Waals surface area contributed by atoms with E-state index in [1.54, 1.807) is 23.3 Å². The fraction of sp³-hybridized carbons (Fsp3) is 0.400. The highest BCUT2D eigenvalue weighted by Crippen LogP contribution is 2.32. The van der Waals surface area contributed by atoms with Crippen LogP contribution in [0.15, 0.2) is 29.6 Å². The summed E-state index contributed by atoms with van der Waals surface area (Å²) in [5.74, 6) is 0.621. The van der Waals surface area contributed by atoms with Gasteiger partial charge in [-0.2, -0.15) is 0 Å². The summed E-state index contributed by atoms with van der Waals surface area (Å²) in [5, 5.41) is 5.04. The molecule has 0 radical (unpaired) electrons. The van der Waals surface area contributed by atoms with E-state index in [-0.39, 0.29) is 17.9 Å². The largest absolute Gasteiger partial charge is 0.495 e. The Hall–Kier alpha value is -2.34. The average molecular weight is 370 g/mol. The molecule has 2 amide bonds. The number of carbonyl (C=O) groups is 2. The molecule has 1 saturated heterocycles. The van der Waals surface area contributed by atoms with Crippen LogP contribution in [0.2, 0.25) is 0 Å². The van der Waals surface area contributed by atoms with Crippen molar-refractivity contribution in [3.05, 3.63) is 45.6 Å². The molecule has 2 aromatic rings. The van der Waals surface area contributed by atoms with Gasteiger partial charge in [0.1, 0.15) is 5.75 Å². The van der Waals surface area contributed by atoms with Crippen LogP contribution in [0.4, 0.5) is 5.69 Å². The molecule has 2 heterocycles. The molecule has 0 saturated carbocycles. The second kappa shape index (κ2) is 7.11. The Labute approximate surface area is 157 Å². The minimum Gasteiger partial charge on any atom is -0.495 e. The molecular weight excluding hydrogens is 348 g/mol. The van der Waals surface area contributed by atoms with Gasteiger partial charge in [0.05, 0.1) is 24.4 Å². The molecule has 1 aliphatic carbocycles. The monoisotopic (exact) mass is 370 g/mol. The summed E-state index contributed by atoms with van der Waals surface area (Å²) < 4.78 is 5.36. The summed E-state index contributed by atoms with van der Waals surface area (Å²) in [6.45, 7) is 0.470. The number of nitrogens with zero attached hydrogens (tertiary/aromatic N) is 1. The molecule has 0 bridgehead atoms. The minimum absolute atomic E-state index is 0.00662. The van der Waals surface area contributed by atoms with Gasteiger partial charge >= 0.3 is 0 Å². The van der Waals surface area contributed by atoms with Gasteiger partial charge in [0.15, 0.2) is 0 Å². The van der Waals surface area contributed by atoms with Crippen LogP contribution in [0, 0.1) is 0 Å². The zero-order valence-electron chi connectivity index (χ0n) is 14.8. The molecule has 5 nitrogen and oxygen atoms in total. The molecule has 136 valence electrons. The fourth-order valence-corrected chi connectivity index (χ4v) is 4.96. The predicted octanol–water partition coefficient (Wildman–Crippen LogP) is 3.17. The number of hydrogen-bond donors (Lipinski definition) is 1. The molecule has 0 unspecified atom stereocenters. The Morgan fingerprint density at radius 2 is 2.08 bits per heavy atom. The van der Waals surface area contributed by atoms with E-state index in [1.165, 1.54) is 16.9 Å². The zero-order chi connectivity index (χ0) is 18.1. The van der Waals surface area contributed by atoms with Gasteiger partial charge in [-0.1, -0.05) is 12.1 Å². The molecule has 1 aromatic heterocycles. The van der Waals surface area contributed by atoms with Crippen LogP contribution in [-0.4, -0.2) is 31.5 Å². The van der Waals surface area contributed by atoms with Gasteiger partial charge in [-0.05, 0) is 43.4 Å². The lowest BCUT2D eigenvalue weighted by atomic mass is 9.95. The predicted molar refractivity (Wildman–Crippen MR) is 102 cm³/mol. The SMILES string of the molecule is COc1ccccc1N1C[C@@H](NC(=O)c2csc3c2CCCC3)CC1=O. The standard InChI is InChI=1S/C20H22N2O3S/c1-25-17-8-4-3-7-16(17)22-11-13(10-19(22)23)21-20(24)15-12-26-18-9-5-2-6-14(15)18/h3-4,7-8,12-13H,2,5-6,9-11H2,1H3,(H,21,24)/t13-/m0/s1. The van der Waals surface area contributed by atoms with Gasteiger partial charge in [-0.25, -0.2) is 0 Å². The molecule has 1 N–H and O–H groups in total. The van der Waals surface area contributed by atoms with Crippen LogP contribution in [0.1, 0.15) is 40.1 Å². The molecule has 26 heavy (non-hydrogen) atoms. The maximum Gasteiger partial charge on any atom is 0.252 e. The van der Waals surface area contributed by atoms with E-state index in [4.69, 9.17) is 4.74 Å². The number of fused-ring (bicyclic) bond motifs is 1. The van der Waals surface area contributed by atoms with E-state index in [0.29, 0.717) is 18.7 Å². The lowest BCUT2D eigenvalue weighted by molar-refractivity contribution is -0.117. The Kier molecular flexibility index (Phi) is 4.68. The lowest BCUT2D eigenvalue weighted by Crippen LogP contribution is -2.37. The number of amides is 2. The first-order chi connectivity index (χ1) is 12.7. The first kappa shape index (κ1) is 17.1. The molecule has 6 heteroatoms. The molecule has 1 atom stereocenters. The van der Waals surface area contributed by atoms with Crippen LogP contribution in [-0.2, 0) is 17.6 Å². The number of carbonyl (C=O) groups excluding carboxylic acids is 2. The Bertz CT molecular complexity index is 845. The number of ether oxygens (including phenoxy) is 1. The van der Waals surface area contributed by atoms with Crippen LogP contribution >= 0.6 is 11.3 Å². The van der Waals surface area contributed by atoms with Crippen molar-refractivity contribution < 1.29 is 14.3 Å². The first-order valence-corrected chi connectivity index (χ1v) is 9.89. The van der Waals surface area contributed by atoms with Gasteiger partial charge in [0.25, 0.3) is 5.91 Å². The van der Waals surface area contributed by atoms with E-state index >= 15 is 0 Å². The van der Waals surface area contributed by atoms with Gasteiger partial charge in [-0.3, -0.25) is 9.59 Å². The number of para-hydroxylation sites is 2. The fourth-order valence-electron chi connectivity index (χ4n) is 3.84. The highest BCUT2D eigenvalue weighted by molar-refractivity contribution is 7.10. The molecule has 2 aliphatic rings. The van der Waals surface area contributed by atoms with Crippen LogP contribution in [0.5, 0.6) is 5.75 Å². The van der Waals surface area contributed by atoms with Gasteiger partial charge in [0.2, 0.25) is 5.91 Å². The topological polar surface area (TPSA) is 58.6 Å². The molecule has 1 aromatic carbocycles. The summed E-state index contributed by atoms with van der Waals surface area (Å²) >= 11 is 1.69. The third-order valence-corrected chi connectivity index (χ3v) is 6.23. The van der Waals surface area contributed by atoms with Crippen molar-refractivity contribution in [3.8, 4) is 5.75 Å². The number of rotatable bonds is 4. The molecular formula is C20H22N2O3S. The number of benzene rings is 1. The van der Waals surface area contributed by atoms with E-state index < -0.39 is 0 Å². The summed E-state index contributed by atoms with van der Waals surface area (Å²) in [4.78, 5) is 28.3. The van der Waals surface area contributed by atoms with Crippen molar-refractivity contribution in [2.45, 2.75) is 38.1 Å². The van der Waals surface area contributed by atoms with Crippen molar-refractivity contribution >= 4 is 28.8 Å². The maximum absolute atomic E-state index is 12.7. The summed E-state index contributed by atoms with van der Waals surface area (Å²) in [6, 6.07) is 7.29. The molecule has 1 fully saturated rings. The summed E-state index contributed by atoms with van der Waals surface area (Å²) in [7, 11) is 1.60. The number of anilines is 1. The number of hydrogen-bond acceptors (Lipinski definition) is 4. The minimum atomic E-state index is -0.181. The Morgan fingerprint density at radius 1 is 1.27 bits per heavy atom. The average Bonchev–Trinajstić information content (AvgIpc) is 3.25. The van der Waals surface area contributed by atoms with E-state index in [2.05, 4.69) is 5.32 Å². The van der Waals surface area contributed by atoms with Crippen LogP contribution in [0.25, 0.3) is 0 Å². The smallest absolute Gasteiger partial charge is 0.252 e. The second-order valence-electron chi connectivity index (χ2n) is 6.81. The molecule has 4 rings (SSSR count). The Morgan fingerprint density at radius 3 is 2.92 bits per heavy atom. The molecule has 1 aliphatic heterocycles. The van der Waals surface area contributed by atoms with E-state index in [9.17, 15) is 9.59 Å². The third kappa shape index (κ3) is 3.09. The first-order valence-electron chi connectivity index (χ1n) is 9.01. The van der Waals surface area contributed by atoms with Crippen molar-refractivity contribution in [3.63, 3.8) is 0 Å². The summed E-state index contributed by atoms with van der Waals surface area (Å²) in [6.07, 6.45) is 4.73. The Balaban J connectivity index is 1.48. The maximum atomic E-state index is 12.7. The van der Waals surface area contributed by atoms with Crippen molar-refractivity contribution in [2.75, 3.05) is 18.6 Å². The third-order valence-electron chi connectivity index (χ3n) is 5.14. The molecule has 0 spiro atoms. The number of thiophene rings is 1. The van der Waals surface area contributed by atoms with Gasteiger partial charge in [0, 0.05) is 23.2 Å². The number of methoxy groups -OCH3 is 1. The van der Waals surface area contributed by atoms with Crippen LogP contribution < -0.4 is 15.0 Å². The quantitative estimate of drug-likeness (QED) is 0.899. The van der Waals surface area contributed by atoms with E-state index in [1.807, 2.05) is 29.6 Å². The van der Waals surface area contributed by atoms with Crippen molar-refractivity contribution in [2.24, 2.45) is 0 Å².